The number of alkyl carbamates (subject to hydrolysis) is 1. The summed E-state index contributed by atoms with van der Waals surface area (Å²) < 4.78 is 10.5. The lowest BCUT2D eigenvalue weighted by atomic mass is 9.87. The van der Waals surface area contributed by atoms with E-state index in [1.54, 1.807) is 35.4 Å². The molecule has 1 atom stereocenters. The predicted molar refractivity (Wildman–Crippen MR) is 209 cm³/mol. The van der Waals surface area contributed by atoms with Gasteiger partial charge in [-0.15, -0.1) is 0 Å². The maximum Gasteiger partial charge on any atom is 0.407 e. The van der Waals surface area contributed by atoms with E-state index in [0.29, 0.717) is 31.0 Å². The van der Waals surface area contributed by atoms with Gasteiger partial charge in [-0.3, -0.25) is 14.4 Å². The number of aliphatic hydroxyl groups is 1. The van der Waals surface area contributed by atoms with Gasteiger partial charge in [0.05, 0.1) is 6.61 Å². The number of hydrogen-bond acceptors (Lipinski definition) is 9. The Hall–Kier alpha value is -2.96. The maximum absolute atomic E-state index is 12.5. The van der Waals surface area contributed by atoms with Gasteiger partial charge in [0.25, 0.3) is 0 Å². The van der Waals surface area contributed by atoms with E-state index in [1.807, 2.05) is 20.8 Å². The highest BCUT2D eigenvalue weighted by Crippen LogP contribution is 2.22. The van der Waals surface area contributed by atoms with Crippen molar-refractivity contribution in [3.8, 4) is 0 Å². The summed E-state index contributed by atoms with van der Waals surface area (Å²) in [5.41, 5.74) is -1.53. The molecule has 0 heterocycles. The SMILES string of the molecule is CCC=CCC=CCC=CCC=CCC=CCCCC(=O)OCC(C)(C)C(O)C(=O)NCCC(=O)NCCSSCCNC(=O)OC(C)(C)C. The summed E-state index contributed by atoms with van der Waals surface area (Å²) in [5.74, 6) is 0.181. The second kappa shape index (κ2) is 29.7. The summed E-state index contributed by atoms with van der Waals surface area (Å²) in [5, 5.41) is 18.6. The molecule has 0 rings (SSSR count). The quantitative estimate of drug-likeness (QED) is 0.0294. The lowest BCUT2D eigenvalue weighted by Gasteiger charge is -2.29. The molecule has 0 aliphatic heterocycles. The van der Waals surface area contributed by atoms with E-state index >= 15 is 0 Å². The van der Waals surface area contributed by atoms with Gasteiger partial charge in [-0.25, -0.2) is 4.79 Å². The van der Waals surface area contributed by atoms with Gasteiger partial charge in [0.15, 0.2) is 0 Å². The lowest BCUT2D eigenvalue weighted by molar-refractivity contribution is -0.153. The zero-order valence-electron chi connectivity index (χ0n) is 31.2. The monoisotopic (exact) mass is 737 g/mol. The van der Waals surface area contributed by atoms with Crippen molar-refractivity contribution in [2.75, 3.05) is 37.7 Å². The highest BCUT2D eigenvalue weighted by molar-refractivity contribution is 8.76. The smallest absolute Gasteiger partial charge is 0.407 e. The molecule has 0 bridgehead atoms. The highest BCUT2D eigenvalue weighted by atomic mass is 33.1. The Bertz CT molecular complexity index is 1110. The van der Waals surface area contributed by atoms with Gasteiger partial charge in [-0.05, 0) is 65.7 Å². The number of nitrogens with one attached hydrogen (secondary N) is 3. The molecule has 4 N–H and O–H groups in total. The van der Waals surface area contributed by atoms with Crippen LogP contribution in [0.25, 0.3) is 0 Å². The fraction of sp³-hybridized carbons (Fsp3) is 0.632. The van der Waals surface area contributed by atoms with Crippen LogP contribution in [-0.4, -0.2) is 78.4 Å². The topological polar surface area (TPSA) is 143 Å². The molecule has 50 heavy (non-hydrogen) atoms. The zero-order valence-corrected chi connectivity index (χ0v) is 32.8. The van der Waals surface area contributed by atoms with Crippen LogP contribution in [0.15, 0.2) is 60.8 Å². The molecule has 0 aliphatic rings. The number of aliphatic hydroxyl groups excluding tert-OH is 1. The molecule has 0 aromatic heterocycles. The molecule has 0 saturated heterocycles. The third-order valence-corrected chi connectivity index (χ3v) is 9.01. The van der Waals surface area contributed by atoms with Crippen molar-refractivity contribution in [2.24, 2.45) is 5.41 Å². The second-order valence-corrected chi connectivity index (χ2v) is 15.8. The minimum Gasteiger partial charge on any atom is -0.465 e. The van der Waals surface area contributed by atoms with E-state index < -0.39 is 29.1 Å². The van der Waals surface area contributed by atoms with Crippen LogP contribution in [0.4, 0.5) is 4.79 Å². The van der Waals surface area contributed by atoms with Crippen molar-refractivity contribution in [3.63, 3.8) is 0 Å². The third-order valence-electron chi connectivity index (χ3n) is 6.60. The van der Waals surface area contributed by atoms with Crippen LogP contribution in [0.3, 0.4) is 0 Å². The number of rotatable bonds is 27. The van der Waals surface area contributed by atoms with Crippen LogP contribution in [0.1, 0.15) is 99.3 Å². The number of hydrogen-bond donors (Lipinski definition) is 4. The number of carbonyl (C=O) groups excluding carboxylic acids is 4. The van der Waals surface area contributed by atoms with E-state index in [4.69, 9.17) is 9.47 Å². The van der Waals surface area contributed by atoms with Crippen molar-refractivity contribution >= 4 is 45.5 Å². The van der Waals surface area contributed by atoms with Gasteiger partial charge in [0.2, 0.25) is 11.8 Å². The maximum atomic E-state index is 12.5. The molecular formula is C38H63N3O7S2. The van der Waals surface area contributed by atoms with Gasteiger partial charge >= 0.3 is 12.1 Å². The highest BCUT2D eigenvalue weighted by Gasteiger charge is 2.35. The van der Waals surface area contributed by atoms with Crippen LogP contribution in [0.5, 0.6) is 0 Å². The summed E-state index contributed by atoms with van der Waals surface area (Å²) in [6.45, 7) is 11.8. The Kier molecular flexibility index (Phi) is 28.0. The molecule has 0 aromatic carbocycles. The van der Waals surface area contributed by atoms with E-state index in [1.165, 1.54) is 0 Å². The number of amides is 3. The summed E-state index contributed by atoms with van der Waals surface area (Å²) >= 11 is 0. The van der Waals surface area contributed by atoms with Crippen LogP contribution in [0, 0.1) is 5.41 Å². The number of esters is 1. The Morgan fingerprint density at radius 2 is 1.22 bits per heavy atom. The molecule has 12 heteroatoms. The van der Waals surface area contributed by atoms with Gasteiger partial charge in [0.1, 0.15) is 11.7 Å². The minimum absolute atomic E-state index is 0.0728. The molecule has 0 fully saturated rings. The number of allylic oxidation sites excluding steroid dienone is 10. The van der Waals surface area contributed by atoms with E-state index in [0.717, 1.165) is 38.5 Å². The number of carbonyl (C=O) groups is 4. The first kappa shape index (κ1) is 47.0. The molecule has 0 radical (unpaired) electrons. The van der Waals surface area contributed by atoms with Gasteiger partial charge < -0.3 is 30.5 Å². The zero-order chi connectivity index (χ0) is 37.5. The first-order valence-electron chi connectivity index (χ1n) is 17.6. The molecule has 0 saturated carbocycles. The molecule has 10 nitrogen and oxygen atoms in total. The van der Waals surface area contributed by atoms with Gasteiger partial charge in [-0.2, -0.15) is 0 Å². The van der Waals surface area contributed by atoms with Gasteiger partial charge in [0, 0.05) is 49.4 Å². The minimum atomic E-state index is -1.40. The fourth-order valence-corrected chi connectivity index (χ4v) is 5.66. The first-order valence-corrected chi connectivity index (χ1v) is 20.1. The fourth-order valence-electron chi connectivity index (χ4n) is 3.85. The molecule has 3 amide bonds. The average molecular weight is 738 g/mol. The molecule has 1 unspecified atom stereocenters. The predicted octanol–water partition coefficient (Wildman–Crippen LogP) is 7.37. The molecule has 284 valence electrons. The second-order valence-electron chi connectivity index (χ2n) is 13.1. The third kappa shape index (κ3) is 29.9. The summed E-state index contributed by atoms with van der Waals surface area (Å²) in [4.78, 5) is 48.4. The normalized spacial score (nSPS) is 13.1. The van der Waals surface area contributed by atoms with Gasteiger partial charge in [-0.1, -0.05) is 103 Å². The molecular weight excluding hydrogens is 675 g/mol. The summed E-state index contributed by atoms with van der Waals surface area (Å²) in [6.07, 6.45) is 26.1. The standard InChI is InChI=1S/C38H63N3O7S2/c1-7-8-9-10-11-12-13-14-15-16-17-18-19-20-21-22-23-24-33(43)47-31-38(5,6)34(44)35(45)40-26-25-32(42)39-27-29-49-50-30-28-41-36(46)48-37(2,3)4/h8-9,11-12,14-15,17-18,20-21,34,44H,7,10,13,16,19,22-31H2,1-6H3,(H,39,42)(H,40,45)(H,41,46). The van der Waals surface area contributed by atoms with Crippen molar-refractivity contribution in [1.29, 1.82) is 0 Å². The molecule has 0 spiro atoms. The van der Waals surface area contributed by atoms with Crippen LogP contribution >= 0.6 is 21.6 Å². The lowest BCUT2D eigenvalue weighted by Crippen LogP contribution is -2.47. The average Bonchev–Trinajstić information content (AvgIpc) is 3.05. The summed E-state index contributed by atoms with van der Waals surface area (Å²) in [7, 11) is 3.16. The Labute approximate surface area is 309 Å². The number of ether oxygens (including phenoxy) is 2. The van der Waals surface area contributed by atoms with Crippen LogP contribution in [0.2, 0.25) is 0 Å². The molecule has 0 aromatic rings. The largest absolute Gasteiger partial charge is 0.465 e. The molecule has 0 aliphatic carbocycles. The van der Waals surface area contributed by atoms with Crippen molar-refractivity contribution in [1.82, 2.24) is 16.0 Å². The summed E-state index contributed by atoms with van der Waals surface area (Å²) in [6, 6.07) is 0. The van der Waals surface area contributed by atoms with Crippen molar-refractivity contribution < 1.29 is 33.8 Å². The Balaban J connectivity index is 3.96. The number of unbranched alkanes of at least 4 members (excludes halogenated alkanes) is 1. The van der Waals surface area contributed by atoms with E-state index in [9.17, 15) is 24.3 Å². The van der Waals surface area contributed by atoms with Crippen LogP contribution in [-0.2, 0) is 23.9 Å². The Morgan fingerprint density at radius 3 is 1.76 bits per heavy atom. The first-order chi connectivity index (χ1) is 23.8. The van der Waals surface area contributed by atoms with E-state index in [2.05, 4.69) is 83.6 Å². The van der Waals surface area contributed by atoms with Crippen molar-refractivity contribution in [2.45, 2.75) is 111 Å². The van der Waals surface area contributed by atoms with Crippen molar-refractivity contribution in [3.05, 3.63) is 60.8 Å². The van der Waals surface area contributed by atoms with E-state index in [-0.39, 0.29) is 37.9 Å². The Morgan fingerprint density at radius 1 is 0.700 bits per heavy atom. The van der Waals surface area contributed by atoms with Crippen LogP contribution < -0.4 is 16.0 Å².